The number of hydrogen-bond acceptors (Lipinski definition) is 2. The molecule has 52 valence electrons. The van der Waals surface area contributed by atoms with E-state index in [1.54, 1.807) is 6.92 Å². The van der Waals surface area contributed by atoms with E-state index in [4.69, 9.17) is 11.5 Å². The summed E-state index contributed by atoms with van der Waals surface area (Å²) in [6.45, 7) is 2.29. The van der Waals surface area contributed by atoms with Gasteiger partial charge in [0.1, 0.15) is 12.7 Å². The maximum atomic E-state index is 8.74. The first kappa shape index (κ1) is 8.32. The molecule has 9 heavy (non-hydrogen) atoms. The molecule has 0 aromatic heterocycles. The number of aliphatic hydroxyl groups is 1. The molecule has 0 aliphatic carbocycles. The maximum absolute atomic E-state index is 8.74. The first-order chi connectivity index (χ1) is 4.27. The molecule has 0 heterocycles. The third-order valence-corrected chi connectivity index (χ3v) is 0.952. The Kier molecular flexibility index (Phi) is 5.04. The average Bonchev–Trinajstić information content (AvgIpc) is 1.80. The molecule has 0 amide bonds. The van der Waals surface area contributed by atoms with Gasteiger partial charge in [-0.25, -0.2) is 0 Å². The molecule has 0 aliphatic heterocycles. The van der Waals surface area contributed by atoms with Crippen molar-refractivity contribution in [1.29, 1.82) is 0 Å². The molecule has 0 rings (SSSR count). The van der Waals surface area contributed by atoms with Crippen LogP contribution in [0.3, 0.4) is 0 Å². The average molecular weight is 128 g/mol. The quantitative estimate of drug-likeness (QED) is 0.447. The lowest BCUT2D eigenvalue weighted by Crippen LogP contribution is -2.00. The molecule has 0 aromatic carbocycles. The Morgan fingerprint density at radius 3 is 2.89 bits per heavy atom. The predicted molar refractivity (Wildman–Crippen MR) is 35.7 cm³/mol. The molecule has 1 N–H and O–H groups in total. The molecule has 0 fully saturated rings. The van der Waals surface area contributed by atoms with Gasteiger partial charge in [-0.15, -0.1) is 0 Å². The number of ether oxygens (including phenoxy) is 1. The van der Waals surface area contributed by atoms with Crippen LogP contribution in [0.25, 0.3) is 0 Å². The molecular formula is C7H12O2. The van der Waals surface area contributed by atoms with Gasteiger partial charge in [-0.3, -0.25) is 0 Å². The fourth-order valence-corrected chi connectivity index (χ4v) is 0.510. The Bertz CT molecular complexity index is 91.6. The second-order valence-electron chi connectivity index (χ2n) is 1.96. The van der Waals surface area contributed by atoms with Gasteiger partial charge >= 0.3 is 0 Å². The van der Waals surface area contributed by atoms with Gasteiger partial charge in [-0.2, -0.15) is 0 Å². The van der Waals surface area contributed by atoms with E-state index >= 15 is 0 Å². The zero-order chi connectivity index (χ0) is 7.11. The van der Waals surface area contributed by atoms with Crippen LogP contribution in [-0.2, 0) is 4.74 Å². The Morgan fingerprint density at radius 1 is 1.78 bits per heavy atom. The van der Waals surface area contributed by atoms with E-state index in [9.17, 15) is 0 Å². The zero-order valence-corrected chi connectivity index (χ0v) is 5.63. The fourth-order valence-electron chi connectivity index (χ4n) is 0.510. The Balaban J connectivity index is 2.85. The number of terminal acetylenes is 1. The molecule has 2 heteroatoms. The normalized spacial score (nSPS) is 12.1. The molecule has 0 aromatic rings. The fraction of sp³-hybridized carbons (Fsp3) is 0.714. The molecule has 0 aliphatic rings. The molecule has 0 saturated heterocycles. The first-order valence-electron chi connectivity index (χ1n) is 3.03. The van der Waals surface area contributed by atoms with Crippen molar-refractivity contribution in [3.05, 3.63) is 0 Å². The molecule has 0 radical (unpaired) electrons. The van der Waals surface area contributed by atoms with Crippen molar-refractivity contribution in [2.75, 3.05) is 6.61 Å². The molecular weight excluding hydrogens is 116 g/mol. The molecule has 0 spiro atoms. The summed E-state index contributed by atoms with van der Waals surface area (Å²) in [6.07, 6.45) is 8.20. The van der Waals surface area contributed by atoms with Crippen molar-refractivity contribution in [2.24, 2.45) is 0 Å². The Hall–Kier alpha value is -0.680. The van der Waals surface area contributed by atoms with Crippen LogP contribution >= 0.6 is 0 Å². The minimum absolute atomic E-state index is 0.244. The lowest BCUT2D eigenvalue weighted by molar-refractivity contribution is 0.166. The van der Waals surface area contributed by atoms with Crippen LogP contribution in [-0.4, -0.2) is 17.8 Å². The van der Waals surface area contributed by atoms with Crippen molar-refractivity contribution < 1.29 is 9.84 Å². The minimum Gasteiger partial charge on any atom is -0.447 e. The summed E-state index contributed by atoms with van der Waals surface area (Å²) >= 11 is 0. The Morgan fingerprint density at radius 2 is 2.44 bits per heavy atom. The van der Waals surface area contributed by atoms with Crippen molar-refractivity contribution >= 4 is 0 Å². The summed E-state index contributed by atoms with van der Waals surface area (Å²) < 4.78 is 4.60. The lowest BCUT2D eigenvalue weighted by Gasteiger charge is -2.00. The second kappa shape index (κ2) is 5.46. The van der Waals surface area contributed by atoms with Crippen molar-refractivity contribution in [3.63, 3.8) is 0 Å². The van der Waals surface area contributed by atoms with Gasteiger partial charge in [-0.1, -0.05) is 6.42 Å². The van der Waals surface area contributed by atoms with Gasteiger partial charge in [0.2, 0.25) is 0 Å². The number of aliphatic hydroxyl groups excluding tert-OH is 1. The van der Waals surface area contributed by atoms with Gasteiger partial charge in [0.15, 0.2) is 0 Å². The number of rotatable bonds is 4. The van der Waals surface area contributed by atoms with E-state index in [0.29, 0.717) is 6.61 Å². The van der Waals surface area contributed by atoms with Crippen LogP contribution in [0.5, 0.6) is 0 Å². The topological polar surface area (TPSA) is 29.5 Å². The van der Waals surface area contributed by atoms with Crippen LogP contribution in [0.4, 0.5) is 0 Å². The second-order valence-corrected chi connectivity index (χ2v) is 1.96. The third-order valence-electron chi connectivity index (χ3n) is 0.952. The summed E-state index contributed by atoms with van der Waals surface area (Å²) in [7, 11) is 0. The van der Waals surface area contributed by atoms with Gasteiger partial charge in [-0.05, 0) is 19.8 Å². The van der Waals surface area contributed by atoms with Gasteiger partial charge < -0.3 is 9.84 Å². The SMILES string of the molecule is C#COCCCC(C)O. The van der Waals surface area contributed by atoms with E-state index in [0.717, 1.165) is 12.8 Å². The summed E-state index contributed by atoms with van der Waals surface area (Å²) in [5, 5.41) is 8.74. The van der Waals surface area contributed by atoms with E-state index in [2.05, 4.69) is 10.8 Å². The van der Waals surface area contributed by atoms with Crippen LogP contribution in [0, 0.1) is 12.5 Å². The maximum Gasteiger partial charge on any atom is 0.106 e. The van der Waals surface area contributed by atoms with E-state index in [1.807, 2.05) is 0 Å². The van der Waals surface area contributed by atoms with Gasteiger partial charge in [0, 0.05) is 0 Å². The molecule has 2 nitrogen and oxygen atoms in total. The summed E-state index contributed by atoms with van der Waals surface area (Å²) in [5.41, 5.74) is 0. The molecule has 1 atom stereocenters. The highest BCUT2D eigenvalue weighted by Crippen LogP contribution is 1.94. The summed E-state index contributed by atoms with van der Waals surface area (Å²) in [5.74, 6) is 0. The highest BCUT2D eigenvalue weighted by molar-refractivity contribution is 4.68. The predicted octanol–water partition coefficient (Wildman–Crippen LogP) is 0.755. The zero-order valence-electron chi connectivity index (χ0n) is 5.63. The lowest BCUT2D eigenvalue weighted by atomic mass is 10.2. The minimum atomic E-state index is -0.244. The molecule has 0 saturated carbocycles. The largest absolute Gasteiger partial charge is 0.447 e. The van der Waals surface area contributed by atoms with Crippen molar-refractivity contribution in [2.45, 2.75) is 25.9 Å². The Labute approximate surface area is 55.8 Å². The first-order valence-corrected chi connectivity index (χ1v) is 3.03. The van der Waals surface area contributed by atoms with Gasteiger partial charge in [0.25, 0.3) is 0 Å². The third kappa shape index (κ3) is 7.32. The number of hydrogen-bond donors (Lipinski definition) is 1. The summed E-state index contributed by atoms with van der Waals surface area (Å²) in [4.78, 5) is 0. The van der Waals surface area contributed by atoms with E-state index < -0.39 is 0 Å². The van der Waals surface area contributed by atoms with E-state index in [1.165, 1.54) is 0 Å². The molecule has 1 unspecified atom stereocenters. The molecule has 0 bridgehead atoms. The highest BCUT2D eigenvalue weighted by atomic mass is 16.5. The van der Waals surface area contributed by atoms with Crippen molar-refractivity contribution in [1.82, 2.24) is 0 Å². The monoisotopic (exact) mass is 128 g/mol. The van der Waals surface area contributed by atoms with Gasteiger partial charge in [0.05, 0.1) is 6.10 Å². The smallest absolute Gasteiger partial charge is 0.106 e. The van der Waals surface area contributed by atoms with Crippen LogP contribution in [0.15, 0.2) is 0 Å². The van der Waals surface area contributed by atoms with Crippen LogP contribution in [0.1, 0.15) is 19.8 Å². The van der Waals surface area contributed by atoms with Crippen molar-refractivity contribution in [3.8, 4) is 12.5 Å². The summed E-state index contributed by atoms with van der Waals surface area (Å²) in [6, 6.07) is 0. The van der Waals surface area contributed by atoms with Crippen LogP contribution in [0.2, 0.25) is 0 Å². The van der Waals surface area contributed by atoms with Crippen LogP contribution < -0.4 is 0 Å². The highest BCUT2D eigenvalue weighted by Gasteiger charge is 1.93. The standard InChI is InChI=1S/C7H12O2/c1-3-9-6-4-5-7(2)8/h1,7-8H,4-6H2,2H3. The van der Waals surface area contributed by atoms with E-state index in [-0.39, 0.29) is 6.10 Å².